The Morgan fingerprint density at radius 3 is 2.88 bits per heavy atom. The molecule has 0 radical (unpaired) electrons. The summed E-state index contributed by atoms with van der Waals surface area (Å²) >= 11 is 0. The second-order valence-corrected chi connectivity index (χ2v) is 6.81. The first-order chi connectivity index (χ1) is 12.1. The van der Waals surface area contributed by atoms with Gasteiger partial charge in [-0.05, 0) is 30.4 Å². The van der Waals surface area contributed by atoms with Crippen LogP contribution in [0.5, 0.6) is 5.88 Å². The van der Waals surface area contributed by atoms with Crippen LogP contribution < -0.4 is 10.1 Å². The van der Waals surface area contributed by atoms with E-state index in [0.717, 1.165) is 24.8 Å². The van der Waals surface area contributed by atoms with E-state index in [-0.39, 0.29) is 18.4 Å². The lowest BCUT2D eigenvalue weighted by molar-refractivity contribution is -0.145. The minimum atomic E-state index is -1.39. The highest BCUT2D eigenvalue weighted by atomic mass is 19.1. The third kappa shape index (κ3) is 4.67. The number of methoxy groups -OCH3 is 1. The van der Waals surface area contributed by atoms with E-state index < -0.39 is 12.1 Å². The average molecular weight is 349 g/mol. The Hall–Kier alpha value is -2.18. The van der Waals surface area contributed by atoms with Crippen LogP contribution in [-0.2, 0) is 16.0 Å². The average Bonchev–Trinajstić information content (AvgIpc) is 3.38. The topological polar surface area (TPSA) is 71.5 Å². The van der Waals surface area contributed by atoms with Crippen molar-refractivity contribution < 1.29 is 18.7 Å². The van der Waals surface area contributed by atoms with Gasteiger partial charge < -0.3 is 15.0 Å². The molecule has 25 heavy (non-hydrogen) atoms. The zero-order chi connectivity index (χ0) is 17.8. The van der Waals surface area contributed by atoms with Crippen molar-refractivity contribution in [3.63, 3.8) is 0 Å². The monoisotopic (exact) mass is 349 g/mol. The second-order valence-electron chi connectivity index (χ2n) is 6.81. The van der Waals surface area contributed by atoms with Crippen molar-refractivity contribution in [2.24, 2.45) is 5.92 Å². The fourth-order valence-electron chi connectivity index (χ4n) is 3.02. The minimum absolute atomic E-state index is 0.0964. The van der Waals surface area contributed by atoms with E-state index in [1.165, 1.54) is 7.11 Å². The van der Waals surface area contributed by atoms with E-state index in [9.17, 15) is 14.0 Å². The fraction of sp³-hybridized carbons (Fsp3) is 0.611. The predicted molar refractivity (Wildman–Crippen MR) is 89.9 cm³/mol. The normalized spacial score (nSPS) is 20.6. The maximum atomic E-state index is 14.0. The molecule has 2 heterocycles. The Kier molecular flexibility index (Phi) is 5.50. The Balaban J connectivity index is 1.42. The summed E-state index contributed by atoms with van der Waals surface area (Å²) in [6.45, 7) is 0.939. The Morgan fingerprint density at radius 2 is 2.24 bits per heavy atom. The van der Waals surface area contributed by atoms with E-state index in [1.807, 2.05) is 0 Å². The van der Waals surface area contributed by atoms with E-state index in [4.69, 9.17) is 4.74 Å². The molecule has 7 heteroatoms. The fourth-order valence-corrected chi connectivity index (χ4v) is 3.02. The molecular formula is C18H24FN3O3. The molecule has 1 aliphatic heterocycles. The van der Waals surface area contributed by atoms with E-state index in [2.05, 4.69) is 10.3 Å². The van der Waals surface area contributed by atoms with Gasteiger partial charge in [0.25, 0.3) is 5.91 Å². The Labute approximate surface area is 146 Å². The SMILES string of the molecule is COc1cc(CC(=O)NCC2CCN2C(=O)C(F)CC2CC2)ccn1. The lowest BCUT2D eigenvalue weighted by Gasteiger charge is -2.41. The van der Waals surface area contributed by atoms with Crippen LogP contribution >= 0.6 is 0 Å². The van der Waals surface area contributed by atoms with Crippen LogP contribution in [-0.4, -0.2) is 54.1 Å². The number of hydrogen-bond donors (Lipinski definition) is 1. The molecule has 2 atom stereocenters. The van der Waals surface area contributed by atoms with Crippen molar-refractivity contribution in [1.82, 2.24) is 15.2 Å². The summed E-state index contributed by atoms with van der Waals surface area (Å²) in [4.78, 5) is 29.8. The minimum Gasteiger partial charge on any atom is -0.481 e. The van der Waals surface area contributed by atoms with E-state index in [1.54, 1.807) is 23.2 Å². The number of rotatable bonds is 8. The second kappa shape index (κ2) is 7.80. The molecule has 1 N–H and O–H groups in total. The lowest BCUT2D eigenvalue weighted by atomic mass is 10.0. The van der Waals surface area contributed by atoms with Gasteiger partial charge in [-0.3, -0.25) is 9.59 Å². The molecule has 2 aliphatic rings. The zero-order valence-electron chi connectivity index (χ0n) is 14.4. The van der Waals surface area contributed by atoms with Gasteiger partial charge in [-0.2, -0.15) is 0 Å². The first-order valence-electron chi connectivity index (χ1n) is 8.77. The van der Waals surface area contributed by atoms with Crippen molar-refractivity contribution in [2.75, 3.05) is 20.2 Å². The van der Waals surface area contributed by atoms with Crippen molar-refractivity contribution in [3.8, 4) is 5.88 Å². The number of halogens is 1. The van der Waals surface area contributed by atoms with Crippen molar-refractivity contribution in [1.29, 1.82) is 0 Å². The quantitative estimate of drug-likeness (QED) is 0.772. The summed E-state index contributed by atoms with van der Waals surface area (Å²) in [7, 11) is 1.52. The predicted octanol–water partition coefficient (Wildman–Crippen LogP) is 1.49. The highest BCUT2D eigenvalue weighted by Gasteiger charge is 2.38. The zero-order valence-corrected chi connectivity index (χ0v) is 14.4. The number of carbonyl (C=O) groups is 2. The first-order valence-corrected chi connectivity index (χ1v) is 8.77. The first kappa shape index (κ1) is 17.6. The number of nitrogens with zero attached hydrogens (tertiary/aromatic N) is 2. The van der Waals surface area contributed by atoms with Crippen LogP contribution in [0.3, 0.4) is 0 Å². The number of amides is 2. The third-order valence-electron chi connectivity index (χ3n) is 4.84. The van der Waals surface area contributed by atoms with Gasteiger partial charge in [0.15, 0.2) is 6.17 Å². The van der Waals surface area contributed by atoms with Crippen LogP contribution in [0.25, 0.3) is 0 Å². The molecule has 1 aliphatic carbocycles. The number of carbonyl (C=O) groups excluding carboxylic acids is 2. The van der Waals surface area contributed by atoms with Crippen LogP contribution in [0, 0.1) is 5.92 Å². The van der Waals surface area contributed by atoms with Gasteiger partial charge >= 0.3 is 0 Å². The Morgan fingerprint density at radius 1 is 1.44 bits per heavy atom. The largest absolute Gasteiger partial charge is 0.481 e. The van der Waals surface area contributed by atoms with Gasteiger partial charge in [0, 0.05) is 25.4 Å². The van der Waals surface area contributed by atoms with Gasteiger partial charge in [-0.15, -0.1) is 0 Å². The number of likely N-dealkylation sites (tertiary alicyclic amines) is 1. The molecule has 1 saturated heterocycles. The van der Waals surface area contributed by atoms with Crippen molar-refractivity contribution in [3.05, 3.63) is 23.9 Å². The van der Waals surface area contributed by atoms with Crippen LogP contribution in [0.2, 0.25) is 0 Å². The number of pyridine rings is 1. The van der Waals surface area contributed by atoms with Gasteiger partial charge in [-0.1, -0.05) is 12.8 Å². The molecule has 0 bridgehead atoms. The molecule has 0 aromatic carbocycles. The molecule has 136 valence electrons. The number of ether oxygens (including phenoxy) is 1. The summed E-state index contributed by atoms with van der Waals surface area (Å²) in [5, 5.41) is 2.83. The van der Waals surface area contributed by atoms with Gasteiger partial charge in [0.2, 0.25) is 11.8 Å². The van der Waals surface area contributed by atoms with Gasteiger partial charge in [0.05, 0.1) is 19.6 Å². The molecular weight excluding hydrogens is 325 g/mol. The molecule has 2 unspecified atom stereocenters. The summed E-state index contributed by atoms with van der Waals surface area (Å²) in [5.41, 5.74) is 0.805. The standard InChI is InChI=1S/C18H24FN3O3/c1-25-17-10-13(4-6-20-17)9-16(23)21-11-14-5-7-22(14)18(24)15(19)8-12-2-3-12/h4,6,10,12,14-15H,2-3,5,7-9,11H2,1H3,(H,21,23). The van der Waals surface area contributed by atoms with Crippen LogP contribution in [0.1, 0.15) is 31.2 Å². The summed E-state index contributed by atoms with van der Waals surface area (Å²) < 4.78 is 19.0. The molecule has 6 nitrogen and oxygen atoms in total. The summed E-state index contributed by atoms with van der Waals surface area (Å²) in [5.74, 6) is 0.292. The van der Waals surface area contributed by atoms with Crippen LogP contribution in [0.15, 0.2) is 18.3 Å². The van der Waals surface area contributed by atoms with E-state index >= 15 is 0 Å². The summed E-state index contributed by atoms with van der Waals surface area (Å²) in [6.07, 6.45) is 3.63. The molecule has 3 rings (SSSR count). The summed E-state index contributed by atoms with van der Waals surface area (Å²) in [6, 6.07) is 3.37. The van der Waals surface area contributed by atoms with E-state index in [0.29, 0.717) is 31.3 Å². The highest BCUT2D eigenvalue weighted by molar-refractivity contribution is 5.82. The molecule has 0 spiro atoms. The Bertz CT molecular complexity index is 636. The number of hydrogen-bond acceptors (Lipinski definition) is 4. The molecule has 1 aromatic rings. The van der Waals surface area contributed by atoms with Crippen LogP contribution in [0.4, 0.5) is 4.39 Å². The van der Waals surface area contributed by atoms with Gasteiger partial charge in [0.1, 0.15) is 0 Å². The molecule has 2 amide bonds. The van der Waals surface area contributed by atoms with Crippen molar-refractivity contribution >= 4 is 11.8 Å². The maximum absolute atomic E-state index is 14.0. The van der Waals surface area contributed by atoms with Crippen molar-refractivity contribution in [2.45, 2.75) is 44.3 Å². The van der Waals surface area contributed by atoms with Gasteiger partial charge in [-0.25, -0.2) is 9.37 Å². The smallest absolute Gasteiger partial charge is 0.257 e. The lowest BCUT2D eigenvalue weighted by Crippen LogP contribution is -2.58. The maximum Gasteiger partial charge on any atom is 0.257 e. The highest BCUT2D eigenvalue weighted by Crippen LogP contribution is 2.35. The third-order valence-corrected chi connectivity index (χ3v) is 4.84. The number of nitrogens with one attached hydrogen (secondary N) is 1. The number of aromatic nitrogens is 1. The molecule has 1 aromatic heterocycles. The number of alkyl halides is 1. The molecule has 2 fully saturated rings. The molecule has 1 saturated carbocycles.